The number of halogens is 1. The summed E-state index contributed by atoms with van der Waals surface area (Å²) in [6.45, 7) is 2.22. The molecule has 13 heavy (non-hydrogen) atoms. The summed E-state index contributed by atoms with van der Waals surface area (Å²) in [6.07, 6.45) is 0. The molecule has 0 aromatic carbocycles. The number of nitrogens with one attached hydrogen (secondary N) is 1. The number of aliphatic carboxylic acids is 1. The van der Waals surface area contributed by atoms with Gasteiger partial charge in [0.05, 0.1) is 0 Å². The maximum atomic E-state index is 10.5. The molecule has 1 aromatic rings. The van der Waals surface area contributed by atoms with E-state index in [2.05, 4.69) is 21.2 Å². The Balaban J connectivity index is 2.44. The van der Waals surface area contributed by atoms with Crippen LogP contribution in [0.1, 0.15) is 11.8 Å². The molecular formula is C8H10BrNO2S. The molecular weight excluding hydrogens is 254 g/mol. The van der Waals surface area contributed by atoms with Gasteiger partial charge in [-0.15, -0.1) is 11.3 Å². The molecule has 72 valence electrons. The Morgan fingerprint density at radius 3 is 3.00 bits per heavy atom. The van der Waals surface area contributed by atoms with Crippen molar-refractivity contribution in [3.8, 4) is 0 Å². The van der Waals surface area contributed by atoms with E-state index in [-0.39, 0.29) is 0 Å². The minimum Gasteiger partial charge on any atom is -0.480 e. The second-order valence-electron chi connectivity index (χ2n) is 2.63. The first kappa shape index (κ1) is 10.7. The van der Waals surface area contributed by atoms with Gasteiger partial charge in [0, 0.05) is 15.9 Å². The average Bonchev–Trinajstić information content (AvgIpc) is 2.47. The molecule has 2 N–H and O–H groups in total. The van der Waals surface area contributed by atoms with Crippen LogP contribution in [0.4, 0.5) is 0 Å². The molecule has 0 aliphatic rings. The molecule has 5 heteroatoms. The maximum absolute atomic E-state index is 10.5. The smallest absolute Gasteiger partial charge is 0.320 e. The Morgan fingerprint density at radius 2 is 2.54 bits per heavy atom. The zero-order valence-electron chi connectivity index (χ0n) is 7.08. The highest BCUT2D eigenvalue weighted by molar-refractivity contribution is 9.10. The Bertz CT molecular complexity index is 300. The predicted molar refractivity (Wildman–Crippen MR) is 56.0 cm³/mol. The SMILES string of the molecule is C[C@H](NCc1sccc1Br)C(=O)O. The Morgan fingerprint density at radius 1 is 1.85 bits per heavy atom. The third-order valence-corrected chi connectivity index (χ3v) is 3.56. The minimum atomic E-state index is -0.826. The van der Waals surface area contributed by atoms with Crippen LogP contribution >= 0.6 is 27.3 Å². The van der Waals surface area contributed by atoms with Crippen molar-refractivity contribution in [3.63, 3.8) is 0 Å². The molecule has 1 atom stereocenters. The van der Waals surface area contributed by atoms with Crippen LogP contribution in [-0.2, 0) is 11.3 Å². The number of rotatable bonds is 4. The molecule has 1 aromatic heterocycles. The summed E-state index contributed by atoms with van der Waals surface area (Å²) in [5.41, 5.74) is 0. The lowest BCUT2D eigenvalue weighted by Crippen LogP contribution is -2.32. The van der Waals surface area contributed by atoms with Crippen LogP contribution in [-0.4, -0.2) is 17.1 Å². The largest absolute Gasteiger partial charge is 0.480 e. The molecule has 0 saturated heterocycles. The van der Waals surface area contributed by atoms with Crippen molar-refractivity contribution in [3.05, 3.63) is 20.8 Å². The topological polar surface area (TPSA) is 49.3 Å². The van der Waals surface area contributed by atoms with Crippen molar-refractivity contribution in [1.29, 1.82) is 0 Å². The first-order chi connectivity index (χ1) is 6.11. The van der Waals surface area contributed by atoms with Crippen LogP contribution in [0, 0.1) is 0 Å². The van der Waals surface area contributed by atoms with E-state index in [0.717, 1.165) is 9.35 Å². The van der Waals surface area contributed by atoms with Crippen molar-refractivity contribution < 1.29 is 9.90 Å². The van der Waals surface area contributed by atoms with Gasteiger partial charge in [0.15, 0.2) is 0 Å². The number of carboxylic acids is 1. The zero-order chi connectivity index (χ0) is 9.84. The molecule has 3 nitrogen and oxygen atoms in total. The molecule has 0 aliphatic carbocycles. The zero-order valence-corrected chi connectivity index (χ0v) is 9.48. The summed E-state index contributed by atoms with van der Waals surface area (Å²) in [5.74, 6) is -0.826. The van der Waals surface area contributed by atoms with Crippen molar-refractivity contribution in [2.75, 3.05) is 0 Å². The van der Waals surface area contributed by atoms with Crippen molar-refractivity contribution >= 4 is 33.2 Å². The summed E-state index contributed by atoms with van der Waals surface area (Å²) in [7, 11) is 0. The van der Waals surface area contributed by atoms with Crippen LogP contribution in [0.25, 0.3) is 0 Å². The van der Waals surface area contributed by atoms with Gasteiger partial charge in [-0.2, -0.15) is 0 Å². The van der Waals surface area contributed by atoms with Crippen LogP contribution in [0.2, 0.25) is 0 Å². The van der Waals surface area contributed by atoms with E-state index in [4.69, 9.17) is 5.11 Å². The van der Waals surface area contributed by atoms with E-state index in [1.807, 2.05) is 11.4 Å². The standard InChI is InChI=1S/C8H10BrNO2S/c1-5(8(11)12)10-4-7-6(9)2-3-13-7/h2-3,5,10H,4H2,1H3,(H,11,12)/t5-/m0/s1. The Labute approximate surface area is 88.9 Å². The van der Waals surface area contributed by atoms with Gasteiger partial charge in [-0.05, 0) is 34.3 Å². The lowest BCUT2D eigenvalue weighted by atomic mass is 10.3. The van der Waals surface area contributed by atoms with Gasteiger partial charge < -0.3 is 5.11 Å². The van der Waals surface area contributed by atoms with E-state index in [9.17, 15) is 4.79 Å². The van der Waals surface area contributed by atoms with E-state index in [0.29, 0.717) is 6.54 Å². The Hall–Kier alpha value is -0.390. The molecule has 0 saturated carbocycles. The molecule has 0 bridgehead atoms. The van der Waals surface area contributed by atoms with Crippen molar-refractivity contribution in [1.82, 2.24) is 5.32 Å². The Kier molecular flexibility index (Phi) is 3.90. The second kappa shape index (κ2) is 4.74. The molecule has 1 rings (SSSR count). The summed E-state index contributed by atoms with van der Waals surface area (Å²) in [4.78, 5) is 11.6. The van der Waals surface area contributed by atoms with Gasteiger partial charge in [-0.3, -0.25) is 10.1 Å². The molecule has 0 fully saturated rings. The fraction of sp³-hybridized carbons (Fsp3) is 0.375. The van der Waals surface area contributed by atoms with Gasteiger partial charge in [0.25, 0.3) is 0 Å². The summed E-state index contributed by atoms with van der Waals surface area (Å²) in [6, 6.07) is 1.45. The second-order valence-corrected chi connectivity index (χ2v) is 4.49. The minimum absolute atomic E-state index is 0.506. The molecule has 0 unspecified atom stereocenters. The molecule has 0 radical (unpaired) electrons. The van der Waals surface area contributed by atoms with Gasteiger partial charge in [-0.25, -0.2) is 0 Å². The van der Waals surface area contributed by atoms with Gasteiger partial charge in [0.1, 0.15) is 6.04 Å². The predicted octanol–water partition coefficient (Wildman–Crippen LogP) is 2.07. The maximum Gasteiger partial charge on any atom is 0.320 e. The lowest BCUT2D eigenvalue weighted by Gasteiger charge is -2.07. The van der Waals surface area contributed by atoms with Gasteiger partial charge in [-0.1, -0.05) is 0 Å². The van der Waals surface area contributed by atoms with Crippen molar-refractivity contribution in [2.24, 2.45) is 0 Å². The first-order valence-electron chi connectivity index (χ1n) is 3.79. The number of carbonyl (C=O) groups is 1. The van der Waals surface area contributed by atoms with E-state index in [1.54, 1.807) is 18.3 Å². The molecule has 1 heterocycles. The normalized spacial score (nSPS) is 12.8. The summed E-state index contributed by atoms with van der Waals surface area (Å²) < 4.78 is 1.03. The van der Waals surface area contributed by atoms with Crippen LogP contribution in [0.5, 0.6) is 0 Å². The quantitative estimate of drug-likeness (QED) is 0.875. The van der Waals surface area contributed by atoms with Crippen LogP contribution in [0.3, 0.4) is 0 Å². The van der Waals surface area contributed by atoms with E-state index >= 15 is 0 Å². The fourth-order valence-electron chi connectivity index (χ4n) is 0.784. The number of hydrogen-bond donors (Lipinski definition) is 2. The highest BCUT2D eigenvalue weighted by Gasteiger charge is 2.10. The third-order valence-electron chi connectivity index (χ3n) is 1.63. The number of carboxylic acid groups (broad SMARTS) is 1. The van der Waals surface area contributed by atoms with E-state index < -0.39 is 12.0 Å². The average molecular weight is 264 g/mol. The summed E-state index contributed by atoms with van der Waals surface area (Å²) >= 11 is 4.98. The highest BCUT2D eigenvalue weighted by atomic mass is 79.9. The molecule has 0 amide bonds. The third kappa shape index (κ3) is 3.10. The molecule has 0 spiro atoms. The van der Waals surface area contributed by atoms with Gasteiger partial charge in [0.2, 0.25) is 0 Å². The fourth-order valence-corrected chi connectivity index (χ4v) is 2.23. The van der Waals surface area contributed by atoms with Crippen LogP contribution < -0.4 is 5.32 Å². The van der Waals surface area contributed by atoms with Crippen LogP contribution in [0.15, 0.2) is 15.9 Å². The number of hydrogen-bond acceptors (Lipinski definition) is 3. The summed E-state index contributed by atoms with van der Waals surface area (Å²) in [5, 5.41) is 13.5. The molecule has 0 aliphatic heterocycles. The highest BCUT2D eigenvalue weighted by Crippen LogP contribution is 2.22. The first-order valence-corrected chi connectivity index (χ1v) is 5.46. The van der Waals surface area contributed by atoms with Crippen molar-refractivity contribution in [2.45, 2.75) is 19.5 Å². The monoisotopic (exact) mass is 263 g/mol. The number of thiophene rings is 1. The lowest BCUT2D eigenvalue weighted by molar-refractivity contribution is -0.139. The van der Waals surface area contributed by atoms with Gasteiger partial charge >= 0.3 is 5.97 Å². The van der Waals surface area contributed by atoms with E-state index in [1.165, 1.54) is 0 Å².